The van der Waals surface area contributed by atoms with Crippen molar-refractivity contribution < 1.29 is 28.5 Å². The van der Waals surface area contributed by atoms with E-state index in [-0.39, 0.29) is 24.8 Å². The van der Waals surface area contributed by atoms with Gasteiger partial charge >= 0.3 is 12.2 Å². The molecule has 2 aliphatic rings. The predicted octanol–water partition coefficient (Wildman–Crippen LogP) is 4.65. The first kappa shape index (κ1) is 24.7. The third kappa shape index (κ3) is 6.81. The average Bonchev–Trinajstić information content (AvgIpc) is 3.30. The first-order valence-electron chi connectivity index (χ1n) is 12.1. The fraction of sp³-hybridized carbons (Fsp3) is 0.481. The molecule has 8 heteroatoms. The maximum Gasteiger partial charge on any atom is 0.410 e. The van der Waals surface area contributed by atoms with Crippen LogP contribution in [-0.4, -0.2) is 66.5 Å². The van der Waals surface area contributed by atoms with E-state index in [0.29, 0.717) is 39.3 Å². The van der Waals surface area contributed by atoms with Crippen molar-refractivity contribution in [2.24, 2.45) is 0 Å². The number of piperazine rings is 1. The average molecular weight is 483 g/mol. The van der Waals surface area contributed by atoms with E-state index in [4.69, 9.17) is 18.9 Å². The highest BCUT2D eigenvalue weighted by molar-refractivity contribution is 5.71. The number of hydrogen-bond acceptors (Lipinski definition) is 6. The zero-order chi connectivity index (χ0) is 24.8. The van der Waals surface area contributed by atoms with Crippen molar-refractivity contribution in [2.75, 3.05) is 32.8 Å². The lowest BCUT2D eigenvalue weighted by Crippen LogP contribution is -2.57. The van der Waals surface area contributed by atoms with E-state index >= 15 is 0 Å². The van der Waals surface area contributed by atoms with Crippen molar-refractivity contribution in [3.63, 3.8) is 0 Å². The predicted molar refractivity (Wildman–Crippen MR) is 131 cm³/mol. The largest absolute Gasteiger partial charge is 0.493 e. The lowest BCUT2D eigenvalue weighted by atomic mass is 10.1. The highest BCUT2D eigenvalue weighted by Gasteiger charge is 2.35. The zero-order valence-electron chi connectivity index (χ0n) is 20.7. The number of carbonyl (C=O) groups excluding carboxylic acids is 2. The molecule has 0 aromatic heterocycles. The van der Waals surface area contributed by atoms with Crippen LogP contribution in [0.2, 0.25) is 0 Å². The van der Waals surface area contributed by atoms with Crippen molar-refractivity contribution in [2.45, 2.75) is 51.9 Å². The van der Waals surface area contributed by atoms with Gasteiger partial charge in [-0.05, 0) is 38.0 Å². The number of ether oxygens (including phenoxy) is 4. The molecule has 0 N–H and O–H groups in total. The van der Waals surface area contributed by atoms with Crippen molar-refractivity contribution in [1.29, 1.82) is 0 Å². The summed E-state index contributed by atoms with van der Waals surface area (Å²) in [6, 6.07) is 15.2. The molecule has 2 heterocycles. The van der Waals surface area contributed by atoms with Gasteiger partial charge in [-0.15, -0.1) is 0 Å². The quantitative estimate of drug-likeness (QED) is 0.597. The van der Waals surface area contributed by atoms with Crippen LogP contribution in [0.5, 0.6) is 11.5 Å². The molecule has 0 saturated carbocycles. The molecular weight excluding hydrogens is 448 g/mol. The van der Waals surface area contributed by atoms with Gasteiger partial charge in [0, 0.05) is 38.5 Å². The van der Waals surface area contributed by atoms with Crippen LogP contribution in [0.25, 0.3) is 0 Å². The number of carbonyl (C=O) groups is 2. The third-order valence-electron chi connectivity index (χ3n) is 5.96. The van der Waals surface area contributed by atoms with Crippen LogP contribution >= 0.6 is 0 Å². The van der Waals surface area contributed by atoms with Crippen molar-refractivity contribution in [3.05, 3.63) is 59.7 Å². The van der Waals surface area contributed by atoms with Crippen LogP contribution in [0.3, 0.4) is 0 Å². The highest BCUT2D eigenvalue weighted by Crippen LogP contribution is 2.29. The Morgan fingerprint density at radius 1 is 1.06 bits per heavy atom. The van der Waals surface area contributed by atoms with Crippen LogP contribution in [0.1, 0.15) is 38.3 Å². The maximum absolute atomic E-state index is 12.9. The van der Waals surface area contributed by atoms with Crippen LogP contribution in [0, 0.1) is 0 Å². The maximum atomic E-state index is 12.9. The summed E-state index contributed by atoms with van der Waals surface area (Å²) < 4.78 is 22.7. The summed E-state index contributed by atoms with van der Waals surface area (Å²) >= 11 is 0. The summed E-state index contributed by atoms with van der Waals surface area (Å²) in [7, 11) is 0. The van der Waals surface area contributed by atoms with Gasteiger partial charge in [-0.3, -0.25) is 0 Å². The van der Waals surface area contributed by atoms with E-state index < -0.39 is 5.60 Å². The standard InChI is InChI=1S/C27H34N2O6/c1-27(2,3)35-26(31)29-14-13-28(25(30)34-19-20-7-5-4-6-8-20)18-22(29)12-16-32-23-10-9-21-11-15-33-24(21)17-23/h4-10,17,22H,11-16,18-19H2,1-3H3/t22-/m1/s1. The van der Waals surface area contributed by atoms with Crippen molar-refractivity contribution >= 4 is 12.2 Å². The van der Waals surface area contributed by atoms with E-state index in [1.165, 1.54) is 5.56 Å². The first-order chi connectivity index (χ1) is 16.8. The zero-order valence-corrected chi connectivity index (χ0v) is 20.7. The van der Waals surface area contributed by atoms with Crippen LogP contribution in [0.15, 0.2) is 48.5 Å². The van der Waals surface area contributed by atoms with E-state index in [1.54, 1.807) is 9.80 Å². The van der Waals surface area contributed by atoms with E-state index in [1.807, 2.05) is 69.3 Å². The lowest BCUT2D eigenvalue weighted by Gasteiger charge is -2.41. The molecule has 1 fully saturated rings. The number of nitrogens with zero attached hydrogens (tertiary/aromatic N) is 2. The summed E-state index contributed by atoms with van der Waals surface area (Å²) in [5, 5.41) is 0. The molecule has 4 rings (SSSR count). The van der Waals surface area contributed by atoms with Gasteiger partial charge in [0.2, 0.25) is 0 Å². The van der Waals surface area contributed by atoms with Crippen LogP contribution in [0.4, 0.5) is 9.59 Å². The molecule has 188 valence electrons. The minimum absolute atomic E-state index is 0.208. The monoisotopic (exact) mass is 482 g/mol. The molecule has 0 aliphatic carbocycles. The summed E-state index contributed by atoms with van der Waals surface area (Å²) in [5.41, 5.74) is 1.51. The second-order valence-corrected chi connectivity index (χ2v) is 9.82. The van der Waals surface area contributed by atoms with Gasteiger partial charge in [0.25, 0.3) is 0 Å². The number of amides is 2. The minimum Gasteiger partial charge on any atom is -0.493 e. The van der Waals surface area contributed by atoms with Crippen LogP contribution in [-0.2, 0) is 22.5 Å². The van der Waals surface area contributed by atoms with Gasteiger partial charge < -0.3 is 28.7 Å². The molecule has 8 nitrogen and oxygen atoms in total. The highest BCUT2D eigenvalue weighted by atomic mass is 16.6. The van der Waals surface area contributed by atoms with Gasteiger partial charge in [0.1, 0.15) is 23.7 Å². The SMILES string of the molecule is CC(C)(C)OC(=O)N1CCN(C(=O)OCc2ccccc2)C[C@H]1CCOc1ccc2c(c1)OCC2. The molecule has 1 atom stereocenters. The Morgan fingerprint density at radius 3 is 2.63 bits per heavy atom. The Bertz CT molecular complexity index is 1020. The molecule has 0 unspecified atom stereocenters. The summed E-state index contributed by atoms with van der Waals surface area (Å²) in [6.07, 6.45) is 0.684. The molecule has 2 amide bonds. The molecule has 0 radical (unpaired) electrons. The van der Waals surface area contributed by atoms with Crippen molar-refractivity contribution in [3.8, 4) is 11.5 Å². The number of fused-ring (bicyclic) bond motifs is 1. The fourth-order valence-corrected chi connectivity index (χ4v) is 4.19. The van der Waals surface area contributed by atoms with Gasteiger partial charge in [-0.2, -0.15) is 0 Å². The van der Waals surface area contributed by atoms with Gasteiger partial charge in [0.05, 0.1) is 19.3 Å². The molecular formula is C27H34N2O6. The third-order valence-corrected chi connectivity index (χ3v) is 5.96. The number of benzene rings is 2. The summed E-state index contributed by atoms with van der Waals surface area (Å²) in [6.45, 7) is 7.92. The van der Waals surface area contributed by atoms with E-state index in [2.05, 4.69) is 0 Å². The fourth-order valence-electron chi connectivity index (χ4n) is 4.19. The molecule has 2 aromatic carbocycles. The number of rotatable bonds is 6. The molecule has 2 aromatic rings. The molecule has 0 spiro atoms. The molecule has 0 bridgehead atoms. The van der Waals surface area contributed by atoms with Gasteiger partial charge in [-0.25, -0.2) is 9.59 Å². The topological polar surface area (TPSA) is 77.5 Å². The molecule has 35 heavy (non-hydrogen) atoms. The van der Waals surface area contributed by atoms with Gasteiger partial charge in [0.15, 0.2) is 0 Å². The molecule has 1 saturated heterocycles. The number of hydrogen-bond donors (Lipinski definition) is 0. The Labute approximate surface area is 206 Å². The second-order valence-electron chi connectivity index (χ2n) is 9.82. The lowest BCUT2D eigenvalue weighted by molar-refractivity contribution is -0.00614. The second kappa shape index (κ2) is 10.9. The van der Waals surface area contributed by atoms with E-state index in [0.717, 1.165) is 23.5 Å². The Hall–Kier alpha value is -3.42. The van der Waals surface area contributed by atoms with Gasteiger partial charge in [-0.1, -0.05) is 36.4 Å². The first-order valence-corrected chi connectivity index (χ1v) is 12.1. The summed E-state index contributed by atoms with van der Waals surface area (Å²) in [4.78, 5) is 29.0. The minimum atomic E-state index is -0.603. The van der Waals surface area contributed by atoms with E-state index in [9.17, 15) is 9.59 Å². The van der Waals surface area contributed by atoms with Crippen LogP contribution < -0.4 is 9.47 Å². The van der Waals surface area contributed by atoms with Crippen molar-refractivity contribution in [1.82, 2.24) is 9.80 Å². The smallest absolute Gasteiger partial charge is 0.410 e. The molecule has 2 aliphatic heterocycles. The Balaban J connectivity index is 1.36. The Kier molecular flexibility index (Phi) is 7.68. The summed E-state index contributed by atoms with van der Waals surface area (Å²) in [5.74, 6) is 1.59. The normalized spacial score (nSPS) is 17.4. The Morgan fingerprint density at radius 2 is 1.86 bits per heavy atom.